The molecule has 0 saturated heterocycles. The third-order valence-electron chi connectivity index (χ3n) is 3.10. The molecule has 0 spiro atoms. The van der Waals surface area contributed by atoms with Crippen molar-refractivity contribution in [3.05, 3.63) is 34.5 Å². The topological polar surface area (TPSA) is 22.0 Å². The van der Waals surface area contributed by atoms with Crippen molar-refractivity contribution in [3.63, 3.8) is 0 Å². The highest BCUT2D eigenvalue weighted by atomic mass is 16.1. The van der Waals surface area contributed by atoms with Gasteiger partial charge >= 0.3 is 0 Å². The van der Waals surface area contributed by atoms with Crippen molar-refractivity contribution < 1.29 is 4.79 Å². The number of hydrogen-bond donors (Lipinski definition) is 0. The molecule has 0 aliphatic carbocycles. The van der Waals surface area contributed by atoms with E-state index in [4.69, 9.17) is 0 Å². The van der Waals surface area contributed by atoms with E-state index in [9.17, 15) is 4.79 Å². The number of aldehydes is 1. The van der Waals surface area contributed by atoms with Gasteiger partial charge in [-0.1, -0.05) is 6.07 Å². The highest BCUT2D eigenvalue weighted by molar-refractivity contribution is 6.01. The molecule has 1 aromatic heterocycles. The summed E-state index contributed by atoms with van der Waals surface area (Å²) in [5.74, 6) is 0. The summed E-state index contributed by atoms with van der Waals surface area (Å²) in [7, 11) is 2.00. The van der Waals surface area contributed by atoms with Crippen LogP contribution in [0.5, 0.6) is 0 Å². The number of carbonyl (C=O) groups excluding carboxylic acids is 1. The van der Waals surface area contributed by atoms with E-state index in [0.717, 1.165) is 28.4 Å². The van der Waals surface area contributed by atoms with Crippen LogP contribution in [0.15, 0.2) is 12.1 Å². The van der Waals surface area contributed by atoms with Crippen LogP contribution in [0.2, 0.25) is 0 Å². The van der Waals surface area contributed by atoms with Crippen LogP contribution < -0.4 is 0 Å². The second-order valence-electron chi connectivity index (χ2n) is 4.15. The Labute approximate surface area is 89.5 Å². The number of benzene rings is 1. The minimum Gasteiger partial charge on any atom is -0.347 e. The van der Waals surface area contributed by atoms with Gasteiger partial charge in [0.1, 0.15) is 0 Å². The molecule has 1 aromatic carbocycles. The molecule has 78 valence electrons. The summed E-state index contributed by atoms with van der Waals surface area (Å²) in [5, 5.41) is 1.09. The Morgan fingerprint density at radius 1 is 1.20 bits per heavy atom. The summed E-state index contributed by atoms with van der Waals surface area (Å²) in [5.41, 5.74) is 5.42. The molecule has 2 rings (SSSR count). The van der Waals surface area contributed by atoms with Crippen molar-refractivity contribution >= 4 is 17.2 Å². The molecule has 0 bridgehead atoms. The predicted octanol–water partition coefficient (Wildman–Crippen LogP) is 2.92. The van der Waals surface area contributed by atoms with Gasteiger partial charge in [0.05, 0.1) is 0 Å². The van der Waals surface area contributed by atoms with Crippen LogP contribution in [0.25, 0.3) is 10.9 Å². The van der Waals surface area contributed by atoms with Crippen molar-refractivity contribution in [1.29, 1.82) is 0 Å². The number of rotatable bonds is 1. The molecule has 0 amide bonds. The third-order valence-corrected chi connectivity index (χ3v) is 3.10. The Kier molecular flexibility index (Phi) is 2.14. The van der Waals surface area contributed by atoms with Gasteiger partial charge in [-0.05, 0) is 38.0 Å². The first-order valence-corrected chi connectivity index (χ1v) is 5.07. The smallest absolute Gasteiger partial charge is 0.152 e. The maximum atomic E-state index is 11.1. The van der Waals surface area contributed by atoms with E-state index in [1.807, 2.05) is 14.0 Å². The van der Waals surface area contributed by atoms with Gasteiger partial charge in [-0.3, -0.25) is 4.79 Å². The van der Waals surface area contributed by atoms with Crippen LogP contribution >= 0.6 is 0 Å². The van der Waals surface area contributed by atoms with Gasteiger partial charge in [0.25, 0.3) is 0 Å². The van der Waals surface area contributed by atoms with Crippen LogP contribution in [0.3, 0.4) is 0 Å². The third kappa shape index (κ3) is 1.29. The molecule has 2 heteroatoms. The van der Waals surface area contributed by atoms with Gasteiger partial charge in [0.2, 0.25) is 0 Å². The monoisotopic (exact) mass is 201 g/mol. The zero-order valence-electron chi connectivity index (χ0n) is 9.59. The zero-order valence-corrected chi connectivity index (χ0v) is 9.59. The van der Waals surface area contributed by atoms with Gasteiger partial charge < -0.3 is 4.57 Å². The van der Waals surface area contributed by atoms with Gasteiger partial charge in [-0.25, -0.2) is 0 Å². The van der Waals surface area contributed by atoms with Gasteiger partial charge in [0.15, 0.2) is 6.29 Å². The second-order valence-corrected chi connectivity index (χ2v) is 4.15. The van der Waals surface area contributed by atoms with Crippen LogP contribution in [-0.2, 0) is 7.05 Å². The van der Waals surface area contributed by atoms with Crippen molar-refractivity contribution in [2.24, 2.45) is 7.05 Å². The number of aromatic nitrogens is 1. The summed E-state index contributed by atoms with van der Waals surface area (Å²) in [6, 6.07) is 4.25. The van der Waals surface area contributed by atoms with Gasteiger partial charge in [-0.15, -0.1) is 0 Å². The SMILES string of the molecule is Cc1cc(C)c2c(C=O)c(C)n(C)c2c1. The Hall–Kier alpha value is -1.57. The quantitative estimate of drug-likeness (QED) is 0.650. The van der Waals surface area contributed by atoms with E-state index in [1.54, 1.807) is 0 Å². The Morgan fingerprint density at radius 2 is 1.87 bits per heavy atom. The minimum atomic E-state index is 0.824. The largest absolute Gasteiger partial charge is 0.347 e. The zero-order chi connectivity index (χ0) is 11.2. The summed E-state index contributed by atoms with van der Waals surface area (Å²) >= 11 is 0. The lowest BCUT2D eigenvalue weighted by molar-refractivity contribution is 0.112. The van der Waals surface area contributed by atoms with Crippen molar-refractivity contribution in [2.75, 3.05) is 0 Å². The average molecular weight is 201 g/mol. The Bertz CT molecular complexity index is 549. The van der Waals surface area contributed by atoms with Crippen molar-refractivity contribution in [2.45, 2.75) is 20.8 Å². The summed E-state index contributed by atoms with van der Waals surface area (Å²) in [6.45, 7) is 6.12. The summed E-state index contributed by atoms with van der Waals surface area (Å²) < 4.78 is 2.08. The van der Waals surface area contributed by atoms with E-state index in [1.165, 1.54) is 11.1 Å². The van der Waals surface area contributed by atoms with E-state index in [-0.39, 0.29) is 0 Å². The van der Waals surface area contributed by atoms with Crippen LogP contribution in [0.4, 0.5) is 0 Å². The maximum absolute atomic E-state index is 11.1. The first kappa shape index (κ1) is 9.97. The molecule has 0 aliphatic rings. The number of carbonyl (C=O) groups is 1. The van der Waals surface area contributed by atoms with Crippen LogP contribution in [-0.4, -0.2) is 10.9 Å². The first-order valence-electron chi connectivity index (χ1n) is 5.07. The molecule has 2 aromatic rings. The molecular formula is C13H15NO. The molecule has 2 nitrogen and oxygen atoms in total. The van der Waals surface area contributed by atoms with E-state index in [2.05, 4.69) is 30.5 Å². The highest BCUT2D eigenvalue weighted by Crippen LogP contribution is 2.27. The van der Waals surface area contributed by atoms with Crippen LogP contribution in [0, 0.1) is 20.8 Å². The highest BCUT2D eigenvalue weighted by Gasteiger charge is 2.13. The summed E-state index contributed by atoms with van der Waals surface area (Å²) in [6.07, 6.45) is 0.958. The molecule has 0 saturated carbocycles. The van der Waals surface area contributed by atoms with Crippen molar-refractivity contribution in [1.82, 2.24) is 4.57 Å². The molecule has 1 heterocycles. The second kappa shape index (κ2) is 3.23. The first-order chi connectivity index (χ1) is 7.06. The Balaban J connectivity index is 3.03. The Morgan fingerprint density at radius 3 is 2.47 bits per heavy atom. The normalized spacial score (nSPS) is 10.9. The molecule has 0 radical (unpaired) electrons. The molecule has 0 unspecified atom stereocenters. The summed E-state index contributed by atoms with van der Waals surface area (Å²) in [4.78, 5) is 11.1. The molecular weight excluding hydrogens is 186 g/mol. The number of fused-ring (bicyclic) bond motifs is 1. The predicted molar refractivity (Wildman–Crippen MR) is 62.5 cm³/mol. The fourth-order valence-electron chi connectivity index (χ4n) is 2.25. The molecule has 15 heavy (non-hydrogen) atoms. The number of hydrogen-bond acceptors (Lipinski definition) is 1. The lowest BCUT2D eigenvalue weighted by atomic mass is 10.0. The number of nitrogens with zero attached hydrogens (tertiary/aromatic N) is 1. The fraction of sp³-hybridized carbons (Fsp3) is 0.308. The molecule has 0 atom stereocenters. The lowest BCUT2D eigenvalue weighted by Crippen LogP contribution is -1.91. The lowest BCUT2D eigenvalue weighted by Gasteiger charge is -2.02. The molecule has 0 N–H and O–H groups in total. The van der Waals surface area contributed by atoms with Gasteiger partial charge in [0, 0.05) is 29.2 Å². The maximum Gasteiger partial charge on any atom is 0.152 e. The van der Waals surface area contributed by atoms with Crippen molar-refractivity contribution in [3.8, 4) is 0 Å². The minimum absolute atomic E-state index is 0.824. The van der Waals surface area contributed by atoms with Crippen LogP contribution in [0.1, 0.15) is 27.2 Å². The van der Waals surface area contributed by atoms with E-state index in [0.29, 0.717) is 0 Å². The molecule has 0 aliphatic heterocycles. The molecule has 0 fully saturated rings. The van der Waals surface area contributed by atoms with E-state index >= 15 is 0 Å². The fourth-order valence-corrected chi connectivity index (χ4v) is 2.25. The number of aryl methyl sites for hydroxylation is 3. The van der Waals surface area contributed by atoms with Gasteiger partial charge in [-0.2, -0.15) is 0 Å². The standard InChI is InChI=1S/C13H15NO/c1-8-5-9(2)13-11(7-15)10(3)14(4)12(13)6-8/h5-7H,1-4H3. The van der Waals surface area contributed by atoms with E-state index < -0.39 is 0 Å². The average Bonchev–Trinajstić information content (AvgIpc) is 2.42.